The number of ether oxygens (including phenoxy) is 1. The van der Waals surface area contributed by atoms with Crippen molar-refractivity contribution in [2.75, 3.05) is 19.3 Å². The minimum absolute atomic E-state index is 0.0336. The third-order valence-corrected chi connectivity index (χ3v) is 6.02. The van der Waals surface area contributed by atoms with Crippen molar-refractivity contribution in [1.29, 1.82) is 0 Å². The van der Waals surface area contributed by atoms with Crippen molar-refractivity contribution in [2.24, 2.45) is 5.92 Å². The van der Waals surface area contributed by atoms with Gasteiger partial charge in [-0.3, -0.25) is 4.79 Å². The monoisotopic (exact) mass is 409 g/mol. The van der Waals surface area contributed by atoms with Crippen LogP contribution in [0.2, 0.25) is 0 Å². The number of amides is 1. The second-order valence-corrected chi connectivity index (χ2v) is 10.5. The topological polar surface area (TPSA) is 80.8 Å². The van der Waals surface area contributed by atoms with E-state index >= 15 is 0 Å². The van der Waals surface area contributed by atoms with Crippen molar-refractivity contribution < 1.29 is 22.7 Å². The summed E-state index contributed by atoms with van der Waals surface area (Å²) in [6.45, 7) is 6.98. The molecule has 1 fully saturated rings. The zero-order valence-corrected chi connectivity index (χ0v) is 18.0. The molecule has 1 aromatic rings. The molecule has 1 heterocycles. The summed E-state index contributed by atoms with van der Waals surface area (Å²) < 4.78 is 28.4. The second-order valence-electron chi connectivity index (χ2n) is 8.52. The van der Waals surface area contributed by atoms with E-state index in [1.165, 1.54) is 12.1 Å². The molecule has 0 bridgehead atoms. The number of hydrogen-bond donors (Lipinski definition) is 0. The normalized spacial score (nSPS) is 16.1. The van der Waals surface area contributed by atoms with Gasteiger partial charge >= 0.3 is 6.09 Å². The zero-order valence-electron chi connectivity index (χ0n) is 17.2. The van der Waals surface area contributed by atoms with Crippen LogP contribution >= 0.6 is 0 Å². The summed E-state index contributed by atoms with van der Waals surface area (Å²) in [6, 6.07) is 6.12. The van der Waals surface area contributed by atoms with Crippen molar-refractivity contribution in [3.63, 3.8) is 0 Å². The first-order chi connectivity index (χ1) is 13.0. The number of ketones is 1. The maximum atomic E-state index is 12.3. The molecule has 0 radical (unpaired) electrons. The van der Waals surface area contributed by atoms with Crippen molar-refractivity contribution in [2.45, 2.75) is 63.4 Å². The molecule has 0 aromatic heterocycles. The van der Waals surface area contributed by atoms with Crippen LogP contribution in [-0.2, 0) is 14.6 Å². The number of likely N-dealkylation sites (tertiary alicyclic amines) is 1. The molecular formula is C21H31NO5S. The van der Waals surface area contributed by atoms with Crippen molar-refractivity contribution in [1.82, 2.24) is 4.90 Å². The van der Waals surface area contributed by atoms with Gasteiger partial charge in [0, 0.05) is 31.3 Å². The lowest BCUT2D eigenvalue weighted by Gasteiger charge is -2.33. The molecule has 0 unspecified atom stereocenters. The van der Waals surface area contributed by atoms with Crippen LogP contribution in [-0.4, -0.2) is 50.1 Å². The maximum Gasteiger partial charge on any atom is 0.410 e. The van der Waals surface area contributed by atoms with Crippen molar-refractivity contribution >= 4 is 21.7 Å². The molecule has 0 N–H and O–H groups in total. The summed E-state index contributed by atoms with van der Waals surface area (Å²) >= 11 is 0. The largest absolute Gasteiger partial charge is 0.444 e. The fourth-order valence-corrected chi connectivity index (χ4v) is 3.94. The van der Waals surface area contributed by atoms with Crippen LogP contribution in [0.1, 0.15) is 63.2 Å². The van der Waals surface area contributed by atoms with Crippen LogP contribution in [0.4, 0.5) is 4.79 Å². The Kier molecular flexibility index (Phi) is 7.26. The van der Waals surface area contributed by atoms with Gasteiger partial charge in [-0.1, -0.05) is 12.1 Å². The highest BCUT2D eigenvalue weighted by atomic mass is 32.2. The molecule has 0 aliphatic carbocycles. The van der Waals surface area contributed by atoms with Crippen LogP contribution in [0, 0.1) is 5.92 Å². The molecule has 0 spiro atoms. The molecule has 156 valence electrons. The third-order valence-electron chi connectivity index (χ3n) is 4.89. The van der Waals surface area contributed by atoms with Crippen LogP contribution in [0.15, 0.2) is 29.2 Å². The Morgan fingerprint density at radius 2 is 1.68 bits per heavy atom. The van der Waals surface area contributed by atoms with Gasteiger partial charge < -0.3 is 9.64 Å². The van der Waals surface area contributed by atoms with E-state index in [4.69, 9.17) is 4.74 Å². The predicted octanol–water partition coefficient (Wildman–Crippen LogP) is 4.09. The molecule has 6 nitrogen and oxygen atoms in total. The summed E-state index contributed by atoms with van der Waals surface area (Å²) in [5.41, 5.74) is 0.0699. The molecule has 0 saturated carbocycles. The minimum atomic E-state index is -3.25. The standard InChI is InChI=1S/C21H31NO5S/c1-21(2,3)27-20(24)22-14-12-16(13-15-22)6-5-7-19(23)17-8-10-18(11-9-17)28(4,25)26/h8-11,16H,5-7,12-15H2,1-4H3. The molecule has 7 heteroatoms. The van der Waals surface area contributed by atoms with Crippen LogP contribution in [0.25, 0.3) is 0 Å². The zero-order chi connectivity index (χ0) is 20.9. The Hall–Kier alpha value is -1.89. The van der Waals surface area contributed by atoms with Gasteiger partial charge in [-0.2, -0.15) is 0 Å². The molecule has 28 heavy (non-hydrogen) atoms. The quantitative estimate of drug-likeness (QED) is 0.661. The number of carbonyl (C=O) groups is 2. The smallest absolute Gasteiger partial charge is 0.410 e. The predicted molar refractivity (Wildman–Crippen MR) is 108 cm³/mol. The van der Waals surface area contributed by atoms with E-state index in [0.29, 0.717) is 31.0 Å². The first-order valence-corrected chi connectivity index (χ1v) is 11.7. The van der Waals surface area contributed by atoms with Gasteiger partial charge in [0.1, 0.15) is 5.60 Å². The van der Waals surface area contributed by atoms with Gasteiger partial charge in [0.25, 0.3) is 0 Å². The summed E-state index contributed by atoms with van der Waals surface area (Å²) in [5.74, 6) is 0.547. The lowest BCUT2D eigenvalue weighted by Crippen LogP contribution is -2.41. The molecule has 1 saturated heterocycles. The molecule has 1 aliphatic heterocycles. The highest BCUT2D eigenvalue weighted by molar-refractivity contribution is 7.90. The van der Waals surface area contributed by atoms with Crippen molar-refractivity contribution in [3.8, 4) is 0 Å². The van der Waals surface area contributed by atoms with Gasteiger partial charge in [0.05, 0.1) is 4.90 Å². The van der Waals surface area contributed by atoms with E-state index in [0.717, 1.165) is 31.9 Å². The highest BCUT2D eigenvalue weighted by Crippen LogP contribution is 2.24. The first-order valence-electron chi connectivity index (χ1n) is 9.77. The summed E-state index contributed by atoms with van der Waals surface area (Å²) in [5, 5.41) is 0. The van der Waals surface area contributed by atoms with E-state index in [-0.39, 0.29) is 16.8 Å². The minimum Gasteiger partial charge on any atom is -0.444 e. The van der Waals surface area contributed by atoms with Crippen LogP contribution < -0.4 is 0 Å². The Morgan fingerprint density at radius 1 is 1.11 bits per heavy atom. The van der Waals surface area contributed by atoms with Gasteiger partial charge in [0.2, 0.25) is 0 Å². The number of benzene rings is 1. The average Bonchev–Trinajstić information content (AvgIpc) is 2.60. The second kappa shape index (κ2) is 9.07. The van der Waals surface area contributed by atoms with E-state index in [1.54, 1.807) is 17.0 Å². The summed E-state index contributed by atoms with van der Waals surface area (Å²) in [6.07, 6.45) is 4.95. The molecule has 0 atom stereocenters. The van der Waals surface area contributed by atoms with E-state index in [9.17, 15) is 18.0 Å². The van der Waals surface area contributed by atoms with Crippen LogP contribution in [0.3, 0.4) is 0 Å². The van der Waals surface area contributed by atoms with E-state index in [2.05, 4.69) is 0 Å². The molecular weight excluding hydrogens is 378 g/mol. The third kappa shape index (κ3) is 6.93. The molecule has 1 amide bonds. The number of piperidine rings is 1. The summed E-state index contributed by atoms with van der Waals surface area (Å²) in [7, 11) is -3.25. The van der Waals surface area contributed by atoms with Crippen LogP contribution in [0.5, 0.6) is 0 Å². The van der Waals surface area contributed by atoms with Gasteiger partial charge in [0.15, 0.2) is 15.6 Å². The number of sulfone groups is 1. The fraction of sp³-hybridized carbons (Fsp3) is 0.619. The Balaban J connectivity index is 1.73. The van der Waals surface area contributed by atoms with Crippen molar-refractivity contribution in [3.05, 3.63) is 29.8 Å². The Morgan fingerprint density at radius 3 is 2.18 bits per heavy atom. The lowest BCUT2D eigenvalue weighted by molar-refractivity contribution is 0.0181. The number of rotatable bonds is 6. The fourth-order valence-electron chi connectivity index (χ4n) is 3.31. The first kappa shape index (κ1) is 22.4. The number of carbonyl (C=O) groups excluding carboxylic acids is 2. The molecule has 1 aliphatic rings. The Labute approximate surface area is 168 Å². The lowest BCUT2D eigenvalue weighted by atomic mass is 9.91. The average molecular weight is 410 g/mol. The van der Waals surface area contributed by atoms with Gasteiger partial charge in [-0.25, -0.2) is 13.2 Å². The number of Topliss-reactive ketones (excluding diaryl/α,β-unsaturated/α-hetero) is 1. The molecule has 1 aromatic carbocycles. The van der Waals surface area contributed by atoms with E-state index in [1.807, 2.05) is 20.8 Å². The summed E-state index contributed by atoms with van der Waals surface area (Å²) in [4.78, 5) is 26.4. The molecule has 2 rings (SSSR count). The van der Waals surface area contributed by atoms with Gasteiger partial charge in [-0.15, -0.1) is 0 Å². The van der Waals surface area contributed by atoms with Gasteiger partial charge in [-0.05, 0) is 64.5 Å². The number of hydrogen-bond acceptors (Lipinski definition) is 5. The highest BCUT2D eigenvalue weighted by Gasteiger charge is 2.26. The maximum absolute atomic E-state index is 12.3. The SMILES string of the molecule is CC(C)(C)OC(=O)N1CCC(CCCC(=O)c2ccc(S(C)(=O)=O)cc2)CC1. The van der Waals surface area contributed by atoms with E-state index < -0.39 is 15.4 Å². The number of nitrogens with zero attached hydrogens (tertiary/aromatic N) is 1. The Bertz CT molecular complexity index is 785.